The highest BCUT2D eigenvalue weighted by Gasteiger charge is 2.35. The summed E-state index contributed by atoms with van der Waals surface area (Å²) in [5.74, 6) is 1.50. The van der Waals surface area contributed by atoms with Gasteiger partial charge in [0, 0.05) is 32.2 Å². The number of ether oxygens (including phenoxy) is 1. The summed E-state index contributed by atoms with van der Waals surface area (Å²) in [5.41, 5.74) is 0. The van der Waals surface area contributed by atoms with Crippen molar-refractivity contribution < 1.29 is 9.53 Å². The van der Waals surface area contributed by atoms with Crippen molar-refractivity contribution in [1.82, 2.24) is 20.2 Å². The molecule has 3 rings (SSSR count). The van der Waals surface area contributed by atoms with Crippen LogP contribution >= 0.6 is 0 Å². The fourth-order valence-corrected chi connectivity index (χ4v) is 2.40. The van der Waals surface area contributed by atoms with Crippen molar-refractivity contribution in [2.24, 2.45) is 0 Å². The third-order valence-electron chi connectivity index (χ3n) is 3.58. The summed E-state index contributed by atoms with van der Waals surface area (Å²) in [6.07, 6.45) is 3.34. The highest BCUT2D eigenvalue weighted by atomic mass is 16.5. The average Bonchev–Trinajstić information content (AvgIpc) is 2.38. The molecule has 0 radical (unpaired) electrons. The number of piperazine rings is 1. The highest BCUT2D eigenvalue weighted by molar-refractivity contribution is 5.78. The van der Waals surface area contributed by atoms with Crippen molar-refractivity contribution in [1.29, 1.82) is 0 Å². The van der Waals surface area contributed by atoms with Crippen LogP contribution in [0, 0.1) is 0 Å². The molecule has 0 atom stereocenters. The molecule has 7 heteroatoms. The smallest absolute Gasteiger partial charge is 0.234 e. The number of hydrogen-bond acceptors (Lipinski definition) is 6. The molecule has 2 saturated heterocycles. The summed E-state index contributed by atoms with van der Waals surface area (Å²) in [6, 6.07) is 0.428. The van der Waals surface area contributed by atoms with Gasteiger partial charge in [-0.3, -0.25) is 9.69 Å². The maximum Gasteiger partial charge on any atom is 0.234 e. The van der Waals surface area contributed by atoms with Crippen LogP contribution in [-0.4, -0.2) is 66.7 Å². The minimum atomic E-state index is 0.116. The van der Waals surface area contributed by atoms with E-state index in [2.05, 4.69) is 25.1 Å². The molecule has 1 amide bonds. The molecule has 1 aromatic rings. The van der Waals surface area contributed by atoms with Crippen LogP contribution in [0.3, 0.4) is 0 Å². The second kappa shape index (κ2) is 5.00. The molecule has 0 aliphatic carbocycles. The van der Waals surface area contributed by atoms with E-state index in [0.717, 1.165) is 32.1 Å². The summed E-state index contributed by atoms with van der Waals surface area (Å²) in [4.78, 5) is 24.2. The molecule has 1 N–H and O–H groups in total. The summed E-state index contributed by atoms with van der Waals surface area (Å²) in [6.45, 7) is 3.92. The lowest BCUT2D eigenvalue weighted by Crippen LogP contribution is -2.64. The van der Waals surface area contributed by atoms with E-state index in [1.54, 1.807) is 19.5 Å². The number of amides is 1. The van der Waals surface area contributed by atoms with Gasteiger partial charge in [-0.2, -0.15) is 0 Å². The number of carbonyl (C=O) groups excluding carboxylic acids is 1. The Morgan fingerprint density at radius 1 is 1.37 bits per heavy atom. The van der Waals surface area contributed by atoms with Gasteiger partial charge in [0.1, 0.15) is 0 Å². The molecule has 7 nitrogen and oxygen atoms in total. The molecule has 0 saturated carbocycles. The fourth-order valence-electron chi connectivity index (χ4n) is 2.40. The van der Waals surface area contributed by atoms with Crippen LogP contribution in [0.4, 0.5) is 5.95 Å². The number of anilines is 1. The zero-order valence-electron chi connectivity index (χ0n) is 10.9. The first-order valence-corrected chi connectivity index (χ1v) is 6.38. The molecule has 102 valence electrons. The Labute approximate surface area is 111 Å². The lowest BCUT2D eigenvalue weighted by Gasteiger charge is -2.46. The molecule has 0 unspecified atom stereocenters. The molecule has 1 aromatic heterocycles. The molecular formula is C12H17N5O2. The van der Waals surface area contributed by atoms with Gasteiger partial charge in [0.25, 0.3) is 0 Å². The van der Waals surface area contributed by atoms with Gasteiger partial charge in [0.05, 0.1) is 26.0 Å². The SMILES string of the molecule is COc1cnc(N2CC(N3CCNC(=O)C3)C2)nc1. The third kappa shape index (κ3) is 2.46. The van der Waals surface area contributed by atoms with Crippen molar-refractivity contribution in [3.8, 4) is 5.75 Å². The average molecular weight is 263 g/mol. The van der Waals surface area contributed by atoms with E-state index in [1.807, 2.05) is 0 Å². The predicted octanol–water partition coefficient (Wildman–Crippen LogP) is -0.894. The number of carbonyl (C=O) groups is 1. The van der Waals surface area contributed by atoms with E-state index < -0.39 is 0 Å². The maximum absolute atomic E-state index is 11.3. The second-order valence-corrected chi connectivity index (χ2v) is 4.80. The van der Waals surface area contributed by atoms with Crippen molar-refractivity contribution in [2.75, 3.05) is 44.7 Å². The second-order valence-electron chi connectivity index (χ2n) is 4.80. The van der Waals surface area contributed by atoms with E-state index in [0.29, 0.717) is 18.3 Å². The van der Waals surface area contributed by atoms with Crippen LogP contribution in [0.5, 0.6) is 5.75 Å². The Kier molecular flexibility index (Phi) is 3.20. The van der Waals surface area contributed by atoms with Crippen molar-refractivity contribution in [3.05, 3.63) is 12.4 Å². The van der Waals surface area contributed by atoms with Crippen molar-refractivity contribution in [3.63, 3.8) is 0 Å². The molecule has 0 aromatic carbocycles. The Hall–Kier alpha value is -1.89. The standard InChI is InChI=1S/C12H17N5O2/c1-19-10-4-14-12(15-5-10)17-6-9(7-17)16-3-2-13-11(18)8-16/h4-5,9H,2-3,6-8H2,1H3,(H,13,18). The molecule has 0 bridgehead atoms. The van der Waals surface area contributed by atoms with E-state index in [-0.39, 0.29) is 5.91 Å². The molecule has 0 spiro atoms. The summed E-state index contributed by atoms with van der Waals surface area (Å²) in [7, 11) is 1.60. The van der Waals surface area contributed by atoms with Crippen molar-refractivity contribution >= 4 is 11.9 Å². The first-order valence-electron chi connectivity index (χ1n) is 6.38. The monoisotopic (exact) mass is 263 g/mol. The Morgan fingerprint density at radius 2 is 2.11 bits per heavy atom. The zero-order chi connectivity index (χ0) is 13.2. The Balaban J connectivity index is 1.55. The van der Waals surface area contributed by atoms with Gasteiger partial charge in [0.2, 0.25) is 11.9 Å². The fraction of sp³-hybridized carbons (Fsp3) is 0.583. The van der Waals surface area contributed by atoms with E-state index >= 15 is 0 Å². The first kappa shape index (κ1) is 12.2. The Morgan fingerprint density at radius 3 is 2.74 bits per heavy atom. The molecule has 3 heterocycles. The minimum absolute atomic E-state index is 0.116. The van der Waals surface area contributed by atoms with E-state index in [9.17, 15) is 4.79 Å². The molecular weight excluding hydrogens is 246 g/mol. The quantitative estimate of drug-likeness (QED) is 0.762. The van der Waals surface area contributed by atoms with Crippen molar-refractivity contribution in [2.45, 2.75) is 6.04 Å². The number of aromatic nitrogens is 2. The van der Waals surface area contributed by atoms with Gasteiger partial charge in [-0.15, -0.1) is 0 Å². The van der Waals surface area contributed by atoms with E-state index in [1.165, 1.54) is 0 Å². The molecule has 2 aliphatic rings. The number of nitrogens with one attached hydrogen (secondary N) is 1. The van der Waals surface area contributed by atoms with E-state index in [4.69, 9.17) is 4.74 Å². The molecule has 2 aliphatic heterocycles. The van der Waals surface area contributed by atoms with Gasteiger partial charge in [-0.25, -0.2) is 9.97 Å². The van der Waals surface area contributed by atoms with Crippen LogP contribution < -0.4 is 15.0 Å². The number of rotatable bonds is 3. The normalized spacial score (nSPS) is 20.9. The van der Waals surface area contributed by atoms with Gasteiger partial charge in [-0.05, 0) is 0 Å². The third-order valence-corrected chi connectivity index (χ3v) is 3.58. The largest absolute Gasteiger partial charge is 0.494 e. The summed E-state index contributed by atoms with van der Waals surface area (Å²) >= 11 is 0. The molecule has 2 fully saturated rings. The predicted molar refractivity (Wildman–Crippen MR) is 69.2 cm³/mol. The zero-order valence-corrected chi connectivity index (χ0v) is 10.9. The summed E-state index contributed by atoms with van der Waals surface area (Å²) < 4.78 is 5.03. The lowest BCUT2D eigenvalue weighted by molar-refractivity contribution is -0.125. The molecule has 19 heavy (non-hydrogen) atoms. The lowest BCUT2D eigenvalue weighted by atomic mass is 10.1. The van der Waals surface area contributed by atoms with Gasteiger partial charge < -0.3 is 15.0 Å². The number of methoxy groups -OCH3 is 1. The van der Waals surface area contributed by atoms with Crippen LogP contribution in [-0.2, 0) is 4.79 Å². The number of hydrogen-bond donors (Lipinski definition) is 1. The topological polar surface area (TPSA) is 70.6 Å². The van der Waals surface area contributed by atoms with Crippen LogP contribution in [0.1, 0.15) is 0 Å². The summed E-state index contributed by atoms with van der Waals surface area (Å²) in [5, 5.41) is 2.84. The van der Waals surface area contributed by atoms with Crippen LogP contribution in [0.25, 0.3) is 0 Å². The van der Waals surface area contributed by atoms with Gasteiger partial charge >= 0.3 is 0 Å². The maximum atomic E-state index is 11.3. The van der Waals surface area contributed by atoms with Crippen LogP contribution in [0.2, 0.25) is 0 Å². The number of nitrogens with zero attached hydrogens (tertiary/aromatic N) is 4. The van der Waals surface area contributed by atoms with Crippen LogP contribution in [0.15, 0.2) is 12.4 Å². The minimum Gasteiger partial charge on any atom is -0.494 e. The van der Waals surface area contributed by atoms with Gasteiger partial charge in [-0.1, -0.05) is 0 Å². The Bertz CT molecular complexity index is 458. The first-order chi connectivity index (χ1) is 9.26. The highest BCUT2D eigenvalue weighted by Crippen LogP contribution is 2.21. The van der Waals surface area contributed by atoms with Gasteiger partial charge in [0.15, 0.2) is 5.75 Å².